The molecule has 1 aliphatic heterocycles. The molecule has 8 heteroatoms. The normalized spacial score (nSPS) is 19.2. The fraction of sp³-hybridized carbons (Fsp3) is 0.407. The van der Waals surface area contributed by atoms with Gasteiger partial charge in [-0.15, -0.1) is 11.3 Å². The molecule has 3 heterocycles. The Balaban J connectivity index is 1.39. The van der Waals surface area contributed by atoms with Gasteiger partial charge in [-0.25, -0.2) is 0 Å². The maximum Gasteiger partial charge on any atom is 0.303 e. The number of aromatic nitrogens is 1. The Bertz CT molecular complexity index is 1230. The molecule has 1 saturated heterocycles. The number of aliphatic hydroxyl groups excluding tert-OH is 1. The first-order valence-corrected chi connectivity index (χ1v) is 13.0. The van der Waals surface area contributed by atoms with E-state index in [0.29, 0.717) is 24.5 Å². The highest BCUT2D eigenvalue weighted by Gasteiger charge is 2.31. The molecular weight excluding hydrogens is 484 g/mol. The third-order valence-corrected chi connectivity index (χ3v) is 7.94. The van der Waals surface area contributed by atoms with Crippen LogP contribution in [0.3, 0.4) is 0 Å². The summed E-state index contributed by atoms with van der Waals surface area (Å²) >= 11 is 7.63. The minimum atomic E-state index is -0.786. The Morgan fingerprint density at radius 1 is 1.34 bits per heavy atom. The molecule has 0 aliphatic carbocycles. The lowest BCUT2D eigenvalue weighted by Crippen LogP contribution is -2.41. The molecule has 1 aromatic carbocycles. The summed E-state index contributed by atoms with van der Waals surface area (Å²) in [4.78, 5) is 19.0. The number of piperidine rings is 1. The third-order valence-electron chi connectivity index (χ3n) is 6.69. The molecule has 2 aromatic heterocycles. The van der Waals surface area contributed by atoms with E-state index in [0.717, 1.165) is 46.5 Å². The lowest BCUT2D eigenvalue weighted by atomic mass is 9.79. The predicted molar refractivity (Wildman–Crippen MR) is 139 cm³/mol. The highest BCUT2D eigenvalue weighted by atomic mass is 35.5. The number of pyridine rings is 1. The van der Waals surface area contributed by atoms with Gasteiger partial charge in [0.25, 0.3) is 0 Å². The number of hydrogen-bond acceptors (Lipinski definition) is 6. The summed E-state index contributed by atoms with van der Waals surface area (Å²) in [6.45, 7) is 2.14. The van der Waals surface area contributed by atoms with Gasteiger partial charge in [0.15, 0.2) is 0 Å². The van der Waals surface area contributed by atoms with Gasteiger partial charge in [0.1, 0.15) is 5.75 Å². The monoisotopic (exact) mass is 512 g/mol. The van der Waals surface area contributed by atoms with Gasteiger partial charge < -0.3 is 14.9 Å². The first kappa shape index (κ1) is 25.5. The first-order chi connectivity index (χ1) is 16.9. The van der Waals surface area contributed by atoms with Gasteiger partial charge in [-0.05, 0) is 78.9 Å². The van der Waals surface area contributed by atoms with Crippen molar-refractivity contribution >= 4 is 39.8 Å². The number of benzene rings is 1. The highest BCUT2D eigenvalue weighted by molar-refractivity contribution is 7.11. The van der Waals surface area contributed by atoms with Crippen LogP contribution in [0.4, 0.5) is 0 Å². The maximum absolute atomic E-state index is 11.6. The van der Waals surface area contributed by atoms with Crippen LogP contribution in [0.2, 0.25) is 5.02 Å². The fourth-order valence-electron chi connectivity index (χ4n) is 4.84. The van der Waals surface area contributed by atoms with Crippen molar-refractivity contribution in [3.63, 3.8) is 0 Å². The molecule has 0 amide bonds. The Hall–Kier alpha value is -2.63. The Morgan fingerprint density at radius 2 is 2.20 bits per heavy atom. The molecule has 1 fully saturated rings. The number of nitrogens with zero attached hydrogens (tertiary/aromatic N) is 2. The van der Waals surface area contributed by atoms with Crippen LogP contribution in [0.15, 0.2) is 41.9 Å². The van der Waals surface area contributed by atoms with Crippen molar-refractivity contribution in [2.75, 3.05) is 26.7 Å². The number of likely N-dealkylation sites (tertiary alicyclic amines) is 1. The number of fused-ring (bicyclic) bond motifs is 1. The van der Waals surface area contributed by atoms with Crippen LogP contribution in [0.5, 0.6) is 5.75 Å². The number of hydrogen-bond donors (Lipinski definition) is 2. The summed E-state index contributed by atoms with van der Waals surface area (Å²) in [7, 11) is 1.62. The number of methoxy groups -OCH3 is 1. The topological polar surface area (TPSA) is 82.9 Å². The molecule has 184 valence electrons. The number of carboxylic acids is 1. The summed E-state index contributed by atoms with van der Waals surface area (Å²) in [6.07, 6.45) is 3.39. The van der Waals surface area contributed by atoms with E-state index < -0.39 is 12.1 Å². The summed E-state index contributed by atoms with van der Waals surface area (Å²) < 4.78 is 5.34. The summed E-state index contributed by atoms with van der Waals surface area (Å²) in [5.41, 5.74) is 1.63. The zero-order chi connectivity index (χ0) is 24.8. The molecule has 0 radical (unpaired) electrons. The number of halogens is 1. The lowest BCUT2D eigenvalue weighted by molar-refractivity contribution is -0.139. The molecule has 0 spiro atoms. The Morgan fingerprint density at radius 3 is 2.94 bits per heavy atom. The van der Waals surface area contributed by atoms with Crippen molar-refractivity contribution in [1.82, 2.24) is 9.88 Å². The first-order valence-electron chi connectivity index (χ1n) is 11.7. The predicted octanol–water partition coefficient (Wildman–Crippen LogP) is 5.24. The fourth-order valence-corrected chi connectivity index (χ4v) is 5.81. The van der Waals surface area contributed by atoms with Gasteiger partial charge in [0.2, 0.25) is 0 Å². The van der Waals surface area contributed by atoms with Gasteiger partial charge in [-0.2, -0.15) is 0 Å². The van der Waals surface area contributed by atoms with Crippen LogP contribution in [0.25, 0.3) is 10.9 Å². The number of carboxylic acid groups (broad SMARTS) is 1. The van der Waals surface area contributed by atoms with E-state index in [-0.39, 0.29) is 18.3 Å². The molecule has 35 heavy (non-hydrogen) atoms. The summed E-state index contributed by atoms with van der Waals surface area (Å²) in [6, 6.07) is 9.33. The quantitative estimate of drug-likeness (QED) is 0.402. The van der Waals surface area contributed by atoms with Gasteiger partial charge in [-0.1, -0.05) is 23.4 Å². The van der Waals surface area contributed by atoms with Crippen LogP contribution in [0, 0.1) is 23.7 Å². The Kier molecular flexibility index (Phi) is 8.64. The largest absolute Gasteiger partial charge is 0.497 e. The van der Waals surface area contributed by atoms with Crippen molar-refractivity contribution < 1.29 is 19.7 Å². The number of thiophene rings is 1. The van der Waals surface area contributed by atoms with Gasteiger partial charge in [-0.3, -0.25) is 14.7 Å². The van der Waals surface area contributed by atoms with Crippen molar-refractivity contribution in [2.45, 2.75) is 31.8 Å². The van der Waals surface area contributed by atoms with Crippen LogP contribution in [-0.4, -0.2) is 52.8 Å². The summed E-state index contributed by atoms with van der Waals surface area (Å²) in [5, 5.41) is 24.0. The van der Waals surface area contributed by atoms with Crippen LogP contribution >= 0.6 is 22.9 Å². The van der Waals surface area contributed by atoms with Gasteiger partial charge in [0.05, 0.1) is 35.2 Å². The summed E-state index contributed by atoms with van der Waals surface area (Å²) in [5.74, 6) is 6.50. The average Bonchev–Trinajstić information content (AvgIpc) is 3.26. The second kappa shape index (κ2) is 11.9. The molecule has 0 bridgehead atoms. The van der Waals surface area contributed by atoms with E-state index in [4.69, 9.17) is 16.3 Å². The van der Waals surface area contributed by atoms with Crippen molar-refractivity contribution in [1.29, 1.82) is 0 Å². The lowest BCUT2D eigenvalue weighted by Gasteiger charge is -2.37. The van der Waals surface area contributed by atoms with Crippen molar-refractivity contribution in [2.24, 2.45) is 11.8 Å². The van der Waals surface area contributed by atoms with Crippen molar-refractivity contribution in [3.05, 3.63) is 57.4 Å². The SMILES string of the molecule is COc1ccc2nccc([C@@H](O)CC[C@@H]3CCN(CC#Cc4sccc4Cl)C[C@@H]3CC(=O)O)c2c1. The zero-order valence-electron chi connectivity index (χ0n) is 19.6. The molecule has 0 unspecified atom stereocenters. The molecule has 2 N–H and O–H groups in total. The van der Waals surface area contributed by atoms with Crippen LogP contribution < -0.4 is 4.74 Å². The smallest absolute Gasteiger partial charge is 0.303 e. The van der Waals surface area contributed by atoms with Crippen molar-refractivity contribution in [3.8, 4) is 17.6 Å². The van der Waals surface area contributed by atoms with E-state index in [1.807, 2.05) is 35.7 Å². The second-order valence-electron chi connectivity index (χ2n) is 8.92. The van der Waals surface area contributed by atoms with Gasteiger partial charge in [0, 0.05) is 24.5 Å². The second-order valence-corrected chi connectivity index (χ2v) is 10.2. The number of carbonyl (C=O) groups is 1. The van der Waals surface area contributed by atoms with Crippen LogP contribution in [-0.2, 0) is 4.79 Å². The third kappa shape index (κ3) is 6.53. The zero-order valence-corrected chi connectivity index (χ0v) is 21.2. The molecule has 6 nitrogen and oxygen atoms in total. The maximum atomic E-state index is 11.6. The van der Waals surface area contributed by atoms with E-state index in [2.05, 4.69) is 21.7 Å². The Labute approximate surface area is 214 Å². The average molecular weight is 513 g/mol. The van der Waals surface area contributed by atoms with E-state index in [1.54, 1.807) is 13.3 Å². The molecule has 0 saturated carbocycles. The van der Waals surface area contributed by atoms with Gasteiger partial charge >= 0.3 is 5.97 Å². The molecule has 1 aliphatic rings. The minimum Gasteiger partial charge on any atom is -0.497 e. The minimum absolute atomic E-state index is 0.0230. The van der Waals surface area contributed by atoms with E-state index in [1.165, 1.54) is 11.3 Å². The molecule has 4 rings (SSSR count). The number of aliphatic carboxylic acids is 1. The number of aliphatic hydroxyl groups is 1. The van der Waals surface area contributed by atoms with E-state index in [9.17, 15) is 15.0 Å². The van der Waals surface area contributed by atoms with E-state index >= 15 is 0 Å². The molecular formula is C27H29ClN2O4S. The standard InChI is InChI=1S/C27H29ClN2O4S/c1-34-20-5-6-24-22(16-20)21(8-11-29-24)25(31)7-4-18-9-13-30(17-19(18)15-27(32)33)12-2-3-26-23(28)10-14-35-26/h5-6,8,10-11,14,16,18-19,25,31H,4,7,9,12-13,15,17H2,1H3,(H,32,33)/t18-,19+,25+/m1/s1. The molecule has 3 aromatic rings. The van der Waals surface area contributed by atoms with Crippen LogP contribution in [0.1, 0.15) is 42.2 Å². The number of rotatable bonds is 8. The highest BCUT2D eigenvalue weighted by Crippen LogP contribution is 2.34. The number of ether oxygens (including phenoxy) is 1. The molecule has 3 atom stereocenters.